The van der Waals surface area contributed by atoms with Crippen LogP contribution in [0.4, 0.5) is 0 Å². The zero-order valence-corrected chi connectivity index (χ0v) is 12.3. The summed E-state index contributed by atoms with van der Waals surface area (Å²) in [6, 6.07) is -0.274. The smallest absolute Gasteiger partial charge is 0.259 e. The van der Waals surface area contributed by atoms with E-state index in [0.717, 1.165) is 25.7 Å². The number of hydrogen-bond donors (Lipinski definition) is 2. The molecule has 1 aromatic rings. The number of rotatable bonds is 4. The Morgan fingerprint density at radius 3 is 2.74 bits per heavy atom. The molecule has 19 heavy (non-hydrogen) atoms. The van der Waals surface area contributed by atoms with Crippen molar-refractivity contribution in [3.8, 4) is 0 Å². The van der Waals surface area contributed by atoms with Crippen LogP contribution in [-0.2, 0) is 16.6 Å². The predicted octanol–water partition coefficient (Wildman–Crippen LogP) is 0.760. The molecule has 0 radical (unpaired) electrons. The van der Waals surface area contributed by atoms with Gasteiger partial charge >= 0.3 is 0 Å². The molecule has 7 heteroatoms. The minimum atomic E-state index is -3.57. The Morgan fingerprint density at radius 2 is 2.16 bits per heavy atom. The molecule has 0 aliphatic heterocycles. The molecule has 1 saturated carbocycles. The van der Waals surface area contributed by atoms with Crippen molar-refractivity contribution in [2.45, 2.75) is 63.2 Å². The van der Waals surface area contributed by atoms with Crippen LogP contribution in [0, 0.1) is 6.92 Å². The molecule has 0 unspecified atom stereocenters. The third-order valence-corrected chi connectivity index (χ3v) is 5.06. The van der Waals surface area contributed by atoms with Crippen LogP contribution in [-0.4, -0.2) is 30.1 Å². The second kappa shape index (κ2) is 5.60. The first kappa shape index (κ1) is 14.5. The summed E-state index contributed by atoms with van der Waals surface area (Å²) >= 11 is 0. The Morgan fingerprint density at radius 1 is 1.47 bits per heavy atom. The van der Waals surface area contributed by atoms with Gasteiger partial charge in [-0.1, -0.05) is 12.8 Å². The van der Waals surface area contributed by atoms with Crippen molar-refractivity contribution < 1.29 is 8.42 Å². The molecule has 3 N–H and O–H groups in total. The first-order chi connectivity index (χ1) is 8.94. The summed E-state index contributed by atoms with van der Waals surface area (Å²) in [6.45, 7) is 4.46. The molecule has 0 saturated heterocycles. The highest BCUT2D eigenvalue weighted by Gasteiger charge is 2.28. The number of hydrogen-bond acceptors (Lipinski definition) is 4. The fraction of sp³-hybridized carbons (Fsp3) is 0.750. The van der Waals surface area contributed by atoms with E-state index in [1.165, 1.54) is 0 Å². The maximum Gasteiger partial charge on any atom is 0.259 e. The molecule has 1 fully saturated rings. The normalized spacial score (nSPS) is 24.6. The third kappa shape index (κ3) is 3.16. The average Bonchev–Trinajstić information content (AvgIpc) is 2.74. The number of nitrogens with two attached hydrogens (primary N) is 1. The minimum Gasteiger partial charge on any atom is -0.334 e. The summed E-state index contributed by atoms with van der Waals surface area (Å²) in [6.07, 6.45) is 5.34. The Labute approximate surface area is 114 Å². The largest absolute Gasteiger partial charge is 0.334 e. The number of aryl methyl sites for hydroxylation is 2. The van der Waals surface area contributed by atoms with Gasteiger partial charge in [-0.3, -0.25) is 0 Å². The van der Waals surface area contributed by atoms with E-state index in [-0.39, 0.29) is 17.1 Å². The Kier molecular flexibility index (Phi) is 4.27. The molecule has 1 heterocycles. The zero-order valence-electron chi connectivity index (χ0n) is 11.5. The van der Waals surface area contributed by atoms with Gasteiger partial charge in [0.05, 0.1) is 0 Å². The van der Waals surface area contributed by atoms with Crippen LogP contribution in [0.5, 0.6) is 0 Å². The SMILES string of the molecule is CCn1cc(S(=O)(=O)N[C@@H]2CCCC[C@H]2N)nc1C. The molecule has 6 nitrogen and oxygen atoms in total. The molecule has 0 amide bonds. The van der Waals surface area contributed by atoms with Crippen molar-refractivity contribution in [2.24, 2.45) is 5.73 Å². The molecular formula is C12H22N4O2S. The summed E-state index contributed by atoms with van der Waals surface area (Å²) < 4.78 is 29.1. The lowest BCUT2D eigenvalue weighted by Gasteiger charge is -2.28. The fourth-order valence-corrected chi connectivity index (χ4v) is 3.82. The van der Waals surface area contributed by atoms with Crippen LogP contribution >= 0.6 is 0 Å². The second-order valence-corrected chi connectivity index (χ2v) is 6.75. The first-order valence-electron chi connectivity index (χ1n) is 6.75. The van der Waals surface area contributed by atoms with E-state index in [0.29, 0.717) is 12.4 Å². The Bertz CT molecular complexity index is 538. The molecule has 0 aromatic carbocycles. The van der Waals surface area contributed by atoms with Crippen molar-refractivity contribution in [3.05, 3.63) is 12.0 Å². The lowest BCUT2D eigenvalue weighted by molar-refractivity contribution is 0.361. The number of sulfonamides is 1. The highest BCUT2D eigenvalue weighted by atomic mass is 32.2. The standard InChI is InChI=1S/C12H22N4O2S/c1-3-16-8-12(14-9(16)2)19(17,18)15-11-7-5-4-6-10(11)13/h8,10-11,15H,3-7,13H2,1-2H3/t10-,11-/m1/s1. The van der Waals surface area contributed by atoms with Gasteiger partial charge in [0, 0.05) is 24.8 Å². The molecule has 1 aliphatic carbocycles. The summed E-state index contributed by atoms with van der Waals surface area (Å²) in [5.74, 6) is 0.704. The maximum atomic E-state index is 12.3. The van der Waals surface area contributed by atoms with Gasteiger partial charge < -0.3 is 10.3 Å². The number of nitrogens with zero attached hydrogens (tertiary/aromatic N) is 2. The number of imidazole rings is 1. The number of nitrogens with one attached hydrogen (secondary N) is 1. The highest BCUT2D eigenvalue weighted by molar-refractivity contribution is 7.89. The average molecular weight is 286 g/mol. The van der Waals surface area contributed by atoms with Crippen LogP contribution in [0.2, 0.25) is 0 Å². The van der Waals surface area contributed by atoms with Crippen LogP contribution in [0.3, 0.4) is 0 Å². The summed E-state index contributed by atoms with van der Waals surface area (Å²) in [7, 11) is -3.57. The van der Waals surface area contributed by atoms with E-state index in [2.05, 4.69) is 9.71 Å². The van der Waals surface area contributed by atoms with Gasteiger partial charge in [-0.15, -0.1) is 0 Å². The molecule has 1 aromatic heterocycles. The topological polar surface area (TPSA) is 90.0 Å². The quantitative estimate of drug-likeness (QED) is 0.855. The molecule has 0 spiro atoms. The third-order valence-electron chi connectivity index (χ3n) is 3.70. The van der Waals surface area contributed by atoms with Gasteiger partial charge in [0.1, 0.15) is 5.82 Å². The van der Waals surface area contributed by atoms with Gasteiger partial charge in [-0.2, -0.15) is 0 Å². The van der Waals surface area contributed by atoms with Crippen molar-refractivity contribution in [3.63, 3.8) is 0 Å². The van der Waals surface area contributed by atoms with Crippen molar-refractivity contribution in [1.82, 2.24) is 14.3 Å². The predicted molar refractivity (Wildman–Crippen MR) is 73.2 cm³/mol. The number of aromatic nitrogens is 2. The van der Waals surface area contributed by atoms with E-state index in [1.54, 1.807) is 13.1 Å². The Balaban J connectivity index is 2.17. The molecule has 2 atom stereocenters. The summed E-state index contributed by atoms with van der Waals surface area (Å²) in [5, 5.41) is 0.0876. The van der Waals surface area contributed by atoms with Gasteiger partial charge in [-0.25, -0.2) is 18.1 Å². The lowest BCUT2D eigenvalue weighted by atomic mass is 9.92. The zero-order chi connectivity index (χ0) is 14.0. The van der Waals surface area contributed by atoms with E-state index in [1.807, 2.05) is 11.5 Å². The van der Waals surface area contributed by atoms with E-state index < -0.39 is 10.0 Å². The van der Waals surface area contributed by atoms with Crippen molar-refractivity contribution in [1.29, 1.82) is 0 Å². The van der Waals surface area contributed by atoms with Gasteiger partial charge in [0.25, 0.3) is 10.0 Å². The van der Waals surface area contributed by atoms with Crippen molar-refractivity contribution >= 4 is 10.0 Å². The lowest BCUT2D eigenvalue weighted by Crippen LogP contribution is -2.49. The summed E-state index contributed by atoms with van der Waals surface area (Å²) in [5.41, 5.74) is 5.97. The van der Waals surface area contributed by atoms with E-state index in [9.17, 15) is 8.42 Å². The van der Waals surface area contributed by atoms with Crippen LogP contribution in [0.25, 0.3) is 0 Å². The van der Waals surface area contributed by atoms with E-state index in [4.69, 9.17) is 5.73 Å². The summed E-state index contributed by atoms with van der Waals surface area (Å²) in [4.78, 5) is 4.12. The van der Waals surface area contributed by atoms with Gasteiger partial charge in [0.15, 0.2) is 5.03 Å². The first-order valence-corrected chi connectivity index (χ1v) is 8.24. The second-order valence-electron chi connectivity index (χ2n) is 5.09. The van der Waals surface area contributed by atoms with Crippen LogP contribution in [0.1, 0.15) is 38.4 Å². The van der Waals surface area contributed by atoms with Crippen molar-refractivity contribution in [2.75, 3.05) is 0 Å². The van der Waals surface area contributed by atoms with Gasteiger partial charge in [-0.05, 0) is 26.7 Å². The molecule has 1 aliphatic rings. The monoisotopic (exact) mass is 286 g/mol. The highest BCUT2D eigenvalue weighted by Crippen LogP contribution is 2.19. The molecular weight excluding hydrogens is 264 g/mol. The van der Waals surface area contributed by atoms with Crippen LogP contribution in [0.15, 0.2) is 11.2 Å². The maximum absolute atomic E-state index is 12.3. The van der Waals surface area contributed by atoms with Crippen LogP contribution < -0.4 is 10.5 Å². The molecule has 0 bridgehead atoms. The molecule has 2 rings (SSSR count). The fourth-order valence-electron chi connectivity index (χ4n) is 2.49. The van der Waals surface area contributed by atoms with Gasteiger partial charge in [0.2, 0.25) is 0 Å². The van der Waals surface area contributed by atoms with E-state index >= 15 is 0 Å². The minimum absolute atomic E-state index is 0.0876. The molecule has 108 valence electrons. The Hall–Kier alpha value is -0.920.